The molecule has 1 N–H and O–H groups in total. The van der Waals surface area contributed by atoms with Gasteiger partial charge in [-0.05, 0) is 31.9 Å². The van der Waals surface area contributed by atoms with Crippen molar-refractivity contribution < 1.29 is 9.53 Å². The normalized spacial score (nSPS) is 20.6. The van der Waals surface area contributed by atoms with E-state index in [1.165, 1.54) is 0 Å². The van der Waals surface area contributed by atoms with Gasteiger partial charge in [-0.1, -0.05) is 23.7 Å². The Morgan fingerprint density at radius 2 is 2.24 bits per heavy atom. The summed E-state index contributed by atoms with van der Waals surface area (Å²) in [6, 6.07) is 7.20. The van der Waals surface area contributed by atoms with Gasteiger partial charge in [0.25, 0.3) is 0 Å². The lowest BCUT2D eigenvalue weighted by atomic mass is 10.0. The number of carbonyl (C=O) groups excluding carboxylic acids is 1. The largest absolute Gasteiger partial charge is 0.382 e. The highest BCUT2D eigenvalue weighted by molar-refractivity contribution is 6.30. The van der Waals surface area contributed by atoms with Crippen LogP contribution in [0.3, 0.4) is 0 Å². The van der Waals surface area contributed by atoms with Gasteiger partial charge < -0.3 is 9.64 Å². The van der Waals surface area contributed by atoms with Gasteiger partial charge in [0.05, 0.1) is 24.4 Å². The van der Waals surface area contributed by atoms with Gasteiger partial charge in [-0.3, -0.25) is 15.1 Å². The van der Waals surface area contributed by atoms with Crippen LogP contribution in [0.1, 0.15) is 31.7 Å². The summed E-state index contributed by atoms with van der Waals surface area (Å²) in [5.41, 5.74) is 1.67. The smallest absolute Gasteiger partial charge is 0.228 e. The third-order valence-electron chi connectivity index (χ3n) is 5.13. The van der Waals surface area contributed by atoms with Gasteiger partial charge >= 0.3 is 0 Å². The number of nitrogens with zero attached hydrogens (tertiary/aromatic N) is 5. The summed E-state index contributed by atoms with van der Waals surface area (Å²) in [6.45, 7) is 3.60. The number of nitrogens with one attached hydrogen (secondary N) is 1. The van der Waals surface area contributed by atoms with Crippen molar-refractivity contribution in [3.8, 4) is 6.19 Å². The number of hydrogen-bond acceptors (Lipinski definition) is 5. The molecule has 1 aromatic rings. The topological polar surface area (TPSA) is 93.3 Å². The third kappa shape index (κ3) is 5.05. The van der Waals surface area contributed by atoms with E-state index in [0.29, 0.717) is 37.0 Å². The number of nitriles is 1. The molecule has 1 aromatic carbocycles. The molecule has 154 valence electrons. The van der Waals surface area contributed by atoms with Crippen molar-refractivity contribution in [3.05, 3.63) is 34.9 Å². The average Bonchev–Trinajstić information content (AvgIpc) is 3.33. The first-order valence-corrected chi connectivity index (χ1v) is 10.0. The molecule has 1 saturated heterocycles. The second-order valence-electron chi connectivity index (χ2n) is 7.06. The molecule has 8 nitrogen and oxygen atoms in total. The molecule has 2 aliphatic heterocycles. The van der Waals surface area contributed by atoms with E-state index in [1.54, 1.807) is 24.3 Å². The Kier molecular flexibility index (Phi) is 7.07. The van der Waals surface area contributed by atoms with Crippen LogP contribution in [0.25, 0.3) is 0 Å². The molecule has 2 aliphatic rings. The minimum Gasteiger partial charge on any atom is -0.382 e. The quantitative estimate of drug-likeness (QED) is 0.332. The number of hydrogen-bond donors (Lipinski definition) is 1. The number of guanidine groups is 1. The lowest BCUT2D eigenvalue weighted by Crippen LogP contribution is -2.45. The van der Waals surface area contributed by atoms with Crippen molar-refractivity contribution in [2.24, 2.45) is 10.1 Å². The first-order valence-electron chi connectivity index (χ1n) is 9.67. The lowest BCUT2D eigenvalue weighted by molar-refractivity contribution is -0.128. The molecule has 1 amide bonds. The molecule has 0 spiro atoms. The summed E-state index contributed by atoms with van der Waals surface area (Å²) >= 11 is 6.03. The van der Waals surface area contributed by atoms with Gasteiger partial charge in [0.2, 0.25) is 11.9 Å². The molecule has 29 heavy (non-hydrogen) atoms. The molecular weight excluding hydrogens is 392 g/mol. The molecule has 0 radical (unpaired) electrons. The van der Waals surface area contributed by atoms with E-state index in [9.17, 15) is 4.79 Å². The van der Waals surface area contributed by atoms with E-state index in [-0.39, 0.29) is 18.1 Å². The summed E-state index contributed by atoms with van der Waals surface area (Å²) < 4.78 is 5.25. The van der Waals surface area contributed by atoms with Crippen LogP contribution in [0.5, 0.6) is 0 Å². The maximum Gasteiger partial charge on any atom is 0.228 e. The van der Waals surface area contributed by atoms with E-state index < -0.39 is 0 Å². The van der Waals surface area contributed by atoms with E-state index >= 15 is 0 Å². The Labute approximate surface area is 175 Å². The molecule has 3 rings (SSSR count). The summed E-state index contributed by atoms with van der Waals surface area (Å²) in [5, 5.41) is 18.8. The zero-order valence-electron chi connectivity index (χ0n) is 16.6. The minimum atomic E-state index is -0.199. The molecule has 2 heterocycles. The fraction of sp³-hybridized carbons (Fsp3) is 0.500. The molecule has 2 atom stereocenters. The van der Waals surface area contributed by atoms with Crippen molar-refractivity contribution in [2.75, 3.05) is 26.7 Å². The molecule has 0 aliphatic carbocycles. The third-order valence-corrected chi connectivity index (χ3v) is 5.38. The summed E-state index contributed by atoms with van der Waals surface area (Å²) in [5.74, 6) is 0.496. The second kappa shape index (κ2) is 9.72. The number of halogens is 1. The van der Waals surface area contributed by atoms with Crippen LogP contribution in [0, 0.1) is 11.5 Å². The maximum atomic E-state index is 12.4. The lowest BCUT2D eigenvalue weighted by Gasteiger charge is -2.25. The predicted molar refractivity (Wildman–Crippen MR) is 112 cm³/mol. The highest BCUT2D eigenvalue weighted by Gasteiger charge is 2.38. The Hall–Kier alpha value is -2.63. The zero-order chi connectivity index (χ0) is 20.8. The van der Waals surface area contributed by atoms with Gasteiger partial charge in [-0.25, -0.2) is 5.01 Å². The number of ether oxygens (including phenoxy) is 1. The molecule has 9 heteroatoms. The molecule has 0 aromatic heterocycles. The van der Waals surface area contributed by atoms with Gasteiger partial charge in [-0.15, -0.1) is 0 Å². The van der Waals surface area contributed by atoms with Crippen LogP contribution in [0.4, 0.5) is 0 Å². The van der Waals surface area contributed by atoms with Crippen molar-refractivity contribution in [1.82, 2.24) is 15.2 Å². The summed E-state index contributed by atoms with van der Waals surface area (Å²) in [4.78, 5) is 18.8. The monoisotopic (exact) mass is 416 g/mol. The van der Waals surface area contributed by atoms with E-state index in [4.69, 9.17) is 26.7 Å². The fourth-order valence-electron chi connectivity index (χ4n) is 3.44. The van der Waals surface area contributed by atoms with Crippen LogP contribution in [-0.4, -0.2) is 66.4 Å². The van der Waals surface area contributed by atoms with Crippen LogP contribution >= 0.6 is 11.6 Å². The Morgan fingerprint density at radius 1 is 1.48 bits per heavy atom. The number of amides is 1. The van der Waals surface area contributed by atoms with E-state index in [2.05, 4.69) is 10.3 Å². The van der Waals surface area contributed by atoms with Crippen molar-refractivity contribution in [3.63, 3.8) is 0 Å². The number of aliphatic imine (C=N–C) groups is 1. The summed E-state index contributed by atoms with van der Waals surface area (Å²) in [7, 11) is 1.66. The average molecular weight is 417 g/mol. The van der Waals surface area contributed by atoms with Crippen molar-refractivity contribution >= 4 is 29.2 Å². The van der Waals surface area contributed by atoms with Crippen LogP contribution in [-0.2, 0) is 9.53 Å². The first-order chi connectivity index (χ1) is 14.0. The second-order valence-corrected chi connectivity index (χ2v) is 7.49. The SMILES string of the molecule is COC(C)CCN=C(NC#N)N1CC(N2CCCC2=O)C(c2ccc(Cl)cc2)=N1. The van der Waals surface area contributed by atoms with Crippen LogP contribution in [0.2, 0.25) is 5.02 Å². The van der Waals surface area contributed by atoms with Gasteiger partial charge in [0, 0.05) is 37.2 Å². The summed E-state index contributed by atoms with van der Waals surface area (Å²) in [6.07, 6.45) is 4.12. The zero-order valence-corrected chi connectivity index (χ0v) is 17.4. The van der Waals surface area contributed by atoms with Crippen LogP contribution in [0.15, 0.2) is 34.4 Å². The highest BCUT2D eigenvalue weighted by Crippen LogP contribution is 2.24. The van der Waals surface area contributed by atoms with E-state index in [0.717, 1.165) is 24.1 Å². The van der Waals surface area contributed by atoms with Crippen molar-refractivity contribution in [2.45, 2.75) is 38.3 Å². The molecule has 1 fully saturated rings. The van der Waals surface area contributed by atoms with Gasteiger partial charge in [0.15, 0.2) is 6.19 Å². The first kappa shape index (κ1) is 21.1. The standard InChI is InChI=1S/C20H25ClN6O2/c1-14(29-2)9-10-23-20(24-13-22)27-12-17(26-11-3-4-18(26)28)19(25-27)15-5-7-16(21)8-6-15/h5-8,14,17H,3-4,9-12H2,1-2H3,(H,23,24). The molecule has 2 unspecified atom stereocenters. The number of methoxy groups -OCH3 is 1. The maximum absolute atomic E-state index is 12.4. The molecule has 0 bridgehead atoms. The number of likely N-dealkylation sites (tertiary alicyclic amines) is 1. The number of carbonyl (C=O) groups is 1. The molecule has 0 saturated carbocycles. The Balaban J connectivity index is 1.87. The minimum absolute atomic E-state index is 0.0729. The number of hydrazone groups is 1. The fourth-order valence-corrected chi connectivity index (χ4v) is 3.57. The van der Waals surface area contributed by atoms with Crippen LogP contribution < -0.4 is 5.32 Å². The Morgan fingerprint density at radius 3 is 2.86 bits per heavy atom. The van der Waals surface area contributed by atoms with Gasteiger partial charge in [-0.2, -0.15) is 10.4 Å². The van der Waals surface area contributed by atoms with Gasteiger partial charge in [0.1, 0.15) is 0 Å². The van der Waals surface area contributed by atoms with E-state index in [1.807, 2.05) is 30.1 Å². The number of benzene rings is 1. The predicted octanol–water partition coefficient (Wildman–Crippen LogP) is 2.20. The molecular formula is C20H25ClN6O2. The highest BCUT2D eigenvalue weighted by atomic mass is 35.5. The Bertz CT molecular complexity index is 832. The number of rotatable bonds is 6. The van der Waals surface area contributed by atoms with Crippen molar-refractivity contribution in [1.29, 1.82) is 5.26 Å².